The van der Waals surface area contributed by atoms with Crippen LogP contribution < -0.4 is 41.8 Å². The van der Waals surface area contributed by atoms with E-state index in [0.717, 1.165) is 16.8 Å². The number of aromatic amines is 2. The number of terminal acetylenes is 3. The van der Waals surface area contributed by atoms with Gasteiger partial charge in [-0.2, -0.15) is 4.39 Å². The van der Waals surface area contributed by atoms with E-state index in [1.54, 1.807) is 145 Å². The summed E-state index contributed by atoms with van der Waals surface area (Å²) < 4.78 is 124. The van der Waals surface area contributed by atoms with Crippen molar-refractivity contribution in [1.29, 1.82) is 0 Å². The topological polar surface area (TPSA) is 501 Å². The maximum absolute atomic E-state index is 13.9. The van der Waals surface area contributed by atoms with Crippen molar-refractivity contribution in [2.75, 3.05) is 44.0 Å². The molecule has 114 heavy (non-hydrogen) atoms. The van der Waals surface area contributed by atoms with Crippen LogP contribution in [0.25, 0.3) is 11.0 Å². The van der Waals surface area contributed by atoms with Crippen molar-refractivity contribution in [2.24, 2.45) is 17.8 Å². The zero-order valence-electron chi connectivity index (χ0n) is 63.0. The molecule has 7 heterocycles. The molecule has 3 saturated heterocycles. The lowest BCUT2D eigenvalue weighted by Gasteiger charge is -2.26. The molecule has 3 fully saturated rings. The van der Waals surface area contributed by atoms with Crippen molar-refractivity contribution in [3.05, 3.63) is 176 Å². The van der Waals surface area contributed by atoms with Crippen LogP contribution in [0.3, 0.4) is 0 Å². The summed E-state index contributed by atoms with van der Waals surface area (Å²) in [6.07, 6.45) is 4.41. The minimum Gasteiger partial charge on any atom is -0.463 e. The quantitative estimate of drug-likeness (QED) is 0.0127. The van der Waals surface area contributed by atoms with Crippen LogP contribution in [0.1, 0.15) is 81.0 Å². The number of nitrogens with one attached hydrogen (secondary N) is 2. The summed E-state index contributed by atoms with van der Waals surface area (Å²) in [7, 11) is -12.2. The van der Waals surface area contributed by atoms with E-state index in [-0.39, 0.29) is 47.6 Å². The number of nitrogen functional groups attached to an aromatic ring is 1. The lowest BCUT2D eigenvalue weighted by Crippen LogP contribution is -2.48. The summed E-state index contributed by atoms with van der Waals surface area (Å²) in [4.78, 5) is 96.2. The molecule has 0 spiro atoms. The Labute approximate surface area is 651 Å². The van der Waals surface area contributed by atoms with Gasteiger partial charge in [0.1, 0.15) is 71.7 Å². The SMILES string of the molecule is C#C[C@@]1(O)[C@H](O)[C@@H](CO[P@@](=O)(C[C@@H](C)C(=O)OC(C)C)Oc2ccccc2)O[C@H]1n1cc(F)c(=O)[nH]c1=O.C#C[C@@]1(O)[C@H](O)[C@@H](CO[P@@](=O)(C[C@@H](C)C(=O)OC(C)C)Oc2ccccc2)O[C@H]1n1ccc(=O)[nH]c1=O.C#C[C@@]1(O)[C@H](O)[C@@H](CO[P@@](=O)(C[C@@H](C)C(=O)OC(C)C)Oc2ccccc2)O[C@H]1n1ccc2c(N)ncnc21. The van der Waals surface area contributed by atoms with E-state index in [0.29, 0.717) is 21.8 Å². The fraction of sp³-hybridized carbons (Fsp3) is 0.446. The number of aliphatic hydroxyl groups is 6. The molecule has 18 atom stereocenters. The maximum atomic E-state index is 13.9. The van der Waals surface area contributed by atoms with Crippen LogP contribution in [0.15, 0.2) is 147 Å². The van der Waals surface area contributed by atoms with Crippen LogP contribution in [0.4, 0.5) is 10.2 Å². The minimum atomic E-state index is -4.14. The first-order chi connectivity index (χ1) is 53.6. The Morgan fingerprint density at radius 1 is 0.526 bits per heavy atom. The van der Waals surface area contributed by atoms with E-state index in [9.17, 15) is 82.3 Å². The number of anilines is 1. The molecule has 0 aliphatic carbocycles. The smallest absolute Gasteiger partial charge is 0.380 e. The molecule has 0 unspecified atom stereocenters. The van der Waals surface area contributed by atoms with E-state index < -0.39 is 191 Å². The number of H-pyrrole nitrogens is 2. The van der Waals surface area contributed by atoms with Crippen molar-refractivity contribution in [3.8, 4) is 54.3 Å². The predicted octanol–water partition coefficient (Wildman–Crippen LogP) is 4.72. The number of carbonyl (C=O) groups is 3. The zero-order valence-corrected chi connectivity index (χ0v) is 65.6. The van der Waals surface area contributed by atoms with E-state index in [2.05, 4.69) is 15.9 Å². The second kappa shape index (κ2) is 38.0. The molecular formula is C74H88FN8O28P3. The highest BCUT2D eigenvalue weighted by atomic mass is 31.2. The summed E-state index contributed by atoms with van der Waals surface area (Å²) in [6.45, 7) is 12.9. The Morgan fingerprint density at radius 3 is 1.20 bits per heavy atom. The highest BCUT2D eigenvalue weighted by molar-refractivity contribution is 7.55. The standard InChI is InChI=1S/C26H31N4O8P.C24H28FN2O10P.C24H29N2O10P/c1-5-26(33)21(31)20(37-25(26)30-12-11-19-22(27)28-15-29-23(19)30)13-35-39(34,38-18-9-7-6-8-10-18)14-17(4)24(32)36-16(2)3;1-5-24(32)19(28)18(36-22(24)27-11-17(25)20(29)26-23(27)31)12-34-38(33,37-16-9-7-6-8-10-16)13-15(4)21(30)35-14(2)3;1-5-24(31)20(28)18(35-22(24)26-12-11-19(27)25-23(26)30)13-33-37(32,36-17-9-7-6-8-10-17)14-16(4)21(29)34-15(2)3/h1,6-12,15-17,20-21,25,31,33H,13-14H2,2-4H3,(H2,27,28,29);1,6-11,14-15,18-19,22,28,32H,12-13H2,2-4H3,(H,26,29,31);1,6-12,15-16,18,20,22,28,31H,13-14H2,2-4H3,(H,25,27,30)/t17-,20-,21-,25-,26-,39+;15-,18-,19-,22-,24-,38+;16-,18-,20-,22-,24-,37+/m111/s1. The zero-order chi connectivity index (χ0) is 84.0. The van der Waals surface area contributed by atoms with Gasteiger partial charge in [0.25, 0.3) is 11.1 Å². The van der Waals surface area contributed by atoms with Crippen LogP contribution in [0.5, 0.6) is 17.2 Å². The molecule has 0 radical (unpaired) electrons. The maximum Gasteiger partial charge on any atom is 0.380 e. The number of carbonyl (C=O) groups excluding carboxylic acids is 3. The van der Waals surface area contributed by atoms with Gasteiger partial charge in [-0.25, -0.2) is 33.3 Å². The van der Waals surface area contributed by atoms with E-state index in [1.165, 1.54) is 36.9 Å². The lowest BCUT2D eigenvalue weighted by molar-refractivity contribution is -0.152. The van der Waals surface area contributed by atoms with E-state index in [1.807, 2.05) is 16.8 Å². The number of hydrogen-bond acceptors (Lipinski definition) is 31. The molecule has 7 aromatic rings. The predicted molar refractivity (Wildman–Crippen MR) is 403 cm³/mol. The van der Waals surface area contributed by atoms with Gasteiger partial charge in [-0.1, -0.05) is 93.1 Å². The van der Waals surface area contributed by atoms with Crippen molar-refractivity contribution < 1.29 is 119 Å². The van der Waals surface area contributed by atoms with E-state index >= 15 is 0 Å². The Kier molecular flexibility index (Phi) is 29.9. The number of aliphatic hydroxyl groups excluding tert-OH is 3. The van der Waals surface area contributed by atoms with Crippen LogP contribution in [0.2, 0.25) is 0 Å². The number of esters is 3. The van der Waals surface area contributed by atoms with Crippen LogP contribution in [-0.4, -0.2) is 192 Å². The third-order valence-corrected chi connectivity index (χ3v) is 23.3. The first-order valence-electron chi connectivity index (χ1n) is 35.2. The normalized spacial score (nSPS) is 25.4. The molecule has 40 heteroatoms. The van der Waals surface area contributed by atoms with E-state index in [4.69, 9.17) is 80.6 Å². The number of fused-ring (bicyclic) bond motifs is 1. The number of rotatable bonds is 30. The average Bonchev–Trinajstić information content (AvgIpc) is 1.61. The molecule has 3 aliphatic rings. The number of hydrogen-bond donors (Lipinski definition) is 9. The van der Waals surface area contributed by atoms with Gasteiger partial charge in [-0.3, -0.25) is 56.6 Å². The van der Waals surface area contributed by atoms with Gasteiger partial charge in [0, 0.05) is 18.5 Å². The molecule has 0 saturated carbocycles. The number of nitrogens with two attached hydrogens (primary N) is 1. The van der Waals surface area contributed by atoms with Gasteiger partial charge in [-0.15, -0.1) is 19.3 Å². The number of aromatic nitrogens is 7. The molecule has 0 amide bonds. The molecule has 614 valence electrons. The minimum absolute atomic E-state index is 0.168. The molecule has 36 nitrogen and oxygen atoms in total. The largest absolute Gasteiger partial charge is 0.463 e. The highest BCUT2D eigenvalue weighted by Crippen LogP contribution is 2.55. The van der Waals surface area contributed by atoms with Crippen LogP contribution in [-0.2, 0) is 70.1 Å². The summed E-state index contributed by atoms with van der Waals surface area (Å²) in [5, 5.41) is 66.0. The number of ether oxygens (including phenoxy) is 6. The second-order valence-electron chi connectivity index (χ2n) is 27.3. The number of halogens is 1. The second-order valence-corrected chi connectivity index (χ2v) is 33.4. The molecule has 10 rings (SSSR count). The van der Waals surface area contributed by atoms with Crippen molar-refractivity contribution in [1.82, 2.24) is 33.6 Å². The van der Waals surface area contributed by atoms with Crippen molar-refractivity contribution in [2.45, 2.75) is 153 Å². The van der Waals surface area contributed by atoms with Gasteiger partial charge in [0.05, 0.1) is 86.0 Å². The summed E-state index contributed by atoms with van der Waals surface area (Å²) >= 11 is 0. The van der Waals surface area contributed by atoms with Gasteiger partial charge < -0.3 is 82.9 Å². The summed E-state index contributed by atoms with van der Waals surface area (Å²) in [5.41, 5.74) is -5.02. The third-order valence-electron chi connectivity index (χ3n) is 17.2. The van der Waals surface area contributed by atoms with Crippen molar-refractivity contribution in [3.63, 3.8) is 0 Å². The van der Waals surface area contributed by atoms with Crippen LogP contribution in [0, 0.1) is 60.6 Å². The molecule has 0 bridgehead atoms. The van der Waals surface area contributed by atoms with Gasteiger partial charge >= 0.3 is 52.1 Å². The van der Waals surface area contributed by atoms with Gasteiger partial charge in [0.15, 0.2) is 35.5 Å². The number of benzene rings is 3. The van der Waals surface area contributed by atoms with Gasteiger partial charge in [0.2, 0.25) is 5.82 Å². The Morgan fingerprint density at radius 2 is 0.860 bits per heavy atom. The number of para-hydroxylation sites is 3. The average molecular weight is 1650 g/mol. The molecule has 3 aromatic carbocycles. The van der Waals surface area contributed by atoms with Crippen molar-refractivity contribution >= 4 is 57.5 Å². The monoisotopic (exact) mass is 1650 g/mol. The fourth-order valence-corrected chi connectivity index (χ4v) is 17.2. The first-order valence-corrected chi connectivity index (χ1v) is 40.4. The Bertz CT molecular complexity index is 5050. The summed E-state index contributed by atoms with van der Waals surface area (Å²) in [5.74, 6) is 1.20. The summed E-state index contributed by atoms with van der Waals surface area (Å²) in [6, 6.07) is 27.0. The molecule has 10 N–H and O–H groups in total. The molecular weight excluding hydrogens is 1560 g/mol. The number of nitrogens with zero attached hydrogens (tertiary/aromatic N) is 5. The van der Waals surface area contributed by atoms with Gasteiger partial charge in [-0.05, 0) is 84.0 Å². The first kappa shape index (κ1) is 89.6. The Balaban J connectivity index is 0.000000214. The third kappa shape index (κ3) is 21.7. The Hall–Kier alpha value is -9.93. The fourth-order valence-electron chi connectivity index (χ4n) is 11.6. The van der Waals surface area contributed by atoms with Crippen LogP contribution >= 0.6 is 22.8 Å². The lowest BCUT2D eigenvalue weighted by atomic mass is 9.95. The molecule has 4 aromatic heterocycles. The molecule has 3 aliphatic heterocycles. The highest BCUT2D eigenvalue weighted by Gasteiger charge is 2.59.